The molecule has 6 heteroatoms. The average molecular weight is 266 g/mol. The Kier molecular flexibility index (Phi) is 2.83. The van der Waals surface area contributed by atoms with Gasteiger partial charge in [-0.25, -0.2) is 9.78 Å². The number of amides is 2. The van der Waals surface area contributed by atoms with Gasteiger partial charge in [-0.3, -0.25) is 0 Å². The first-order valence-corrected chi connectivity index (χ1v) is 6.18. The van der Waals surface area contributed by atoms with E-state index >= 15 is 0 Å². The van der Waals surface area contributed by atoms with Crippen molar-refractivity contribution in [2.45, 2.75) is 25.4 Å². The van der Waals surface area contributed by atoms with E-state index in [0.717, 1.165) is 12.8 Å². The van der Waals surface area contributed by atoms with Gasteiger partial charge < -0.3 is 15.1 Å². The number of nitrogens with zero attached hydrogens (tertiary/aromatic N) is 1. The van der Waals surface area contributed by atoms with Crippen molar-refractivity contribution in [2.24, 2.45) is 0 Å². The lowest BCUT2D eigenvalue weighted by Crippen LogP contribution is -2.36. The molecule has 0 unspecified atom stereocenters. The third-order valence-corrected chi connectivity index (χ3v) is 2.94. The van der Waals surface area contributed by atoms with Crippen LogP contribution in [0.5, 0.6) is 0 Å². The predicted octanol–water partition coefficient (Wildman–Crippen LogP) is 2.44. The highest BCUT2D eigenvalue weighted by molar-refractivity contribution is 6.31. The molecular weight excluding hydrogens is 254 g/mol. The van der Waals surface area contributed by atoms with Crippen LogP contribution in [0.25, 0.3) is 11.1 Å². The van der Waals surface area contributed by atoms with Crippen molar-refractivity contribution in [3.05, 3.63) is 29.1 Å². The summed E-state index contributed by atoms with van der Waals surface area (Å²) >= 11 is 5.86. The normalized spacial score (nSPS) is 14.7. The Balaban J connectivity index is 1.64. The van der Waals surface area contributed by atoms with Gasteiger partial charge in [-0.05, 0) is 31.0 Å². The monoisotopic (exact) mass is 265 g/mol. The van der Waals surface area contributed by atoms with Crippen molar-refractivity contribution < 1.29 is 9.21 Å². The van der Waals surface area contributed by atoms with Gasteiger partial charge in [-0.1, -0.05) is 11.6 Å². The Morgan fingerprint density at radius 1 is 1.50 bits per heavy atom. The summed E-state index contributed by atoms with van der Waals surface area (Å²) in [5, 5.41) is 6.15. The SMILES string of the molecule is O=C(NCc1nc2cc(Cl)ccc2o1)NC1CC1. The molecule has 0 saturated heterocycles. The Labute approximate surface area is 109 Å². The first kappa shape index (κ1) is 11.3. The number of hydrogen-bond acceptors (Lipinski definition) is 3. The highest BCUT2D eigenvalue weighted by Gasteiger charge is 2.23. The lowest BCUT2D eigenvalue weighted by atomic mass is 10.3. The smallest absolute Gasteiger partial charge is 0.315 e. The summed E-state index contributed by atoms with van der Waals surface area (Å²) in [7, 11) is 0. The Morgan fingerprint density at radius 3 is 3.11 bits per heavy atom. The number of carbonyl (C=O) groups excluding carboxylic acids is 1. The average Bonchev–Trinajstić information content (AvgIpc) is 3.04. The number of carbonyl (C=O) groups is 1. The third kappa shape index (κ3) is 2.56. The first-order valence-electron chi connectivity index (χ1n) is 5.80. The fraction of sp³-hybridized carbons (Fsp3) is 0.333. The summed E-state index contributed by atoms with van der Waals surface area (Å²) in [5.41, 5.74) is 1.36. The van der Waals surface area contributed by atoms with Gasteiger partial charge in [0.05, 0.1) is 6.54 Å². The van der Waals surface area contributed by atoms with Gasteiger partial charge in [0.15, 0.2) is 5.58 Å². The molecule has 3 rings (SSSR count). The largest absolute Gasteiger partial charge is 0.439 e. The molecule has 1 aliphatic rings. The van der Waals surface area contributed by atoms with Crippen LogP contribution in [0, 0.1) is 0 Å². The zero-order chi connectivity index (χ0) is 12.5. The molecule has 2 amide bonds. The van der Waals surface area contributed by atoms with Gasteiger partial charge in [0, 0.05) is 11.1 Å². The number of hydrogen-bond donors (Lipinski definition) is 2. The number of oxazole rings is 1. The van der Waals surface area contributed by atoms with Gasteiger partial charge in [0.25, 0.3) is 0 Å². The standard InChI is InChI=1S/C12H12ClN3O2/c13-7-1-4-10-9(5-7)16-11(18-10)6-14-12(17)15-8-2-3-8/h1,4-5,8H,2-3,6H2,(H2,14,15,17). The second kappa shape index (κ2) is 4.49. The maximum Gasteiger partial charge on any atom is 0.315 e. The van der Waals surface area contributed by atoms with Crippen molar-refractivity contribution in [3.8, 4) is 0 Å². The molecule has 1 aromatic carbocycles. The first-order chi connectivity index (χ1) is 8.70. The van der Waals surface area contributed by atoms with Crippen LogP contribution in [0.15, 0.2) is 22.6 Å². The van der Waals surface area contributed by atoms with Crippen molar-refractivity contribution in [2.75, 3.05) is 0 Å². The fourth-order valence-electron chi connectivity index (χ4n) is 1.64. The van der Waals surface area contributed by atoms with Crippen LogP contribution in [0.4, 0.5) is 4.79 Å². The Hall–Kier alpha value is -1.75. The van der Waals surface area contributed by atoms with Crippen LogP contribution in [-0.4, -0.2) is 17.1 Å². The molecule has 1 fully saturated rings. The van der Waals surface area contributed by atoms with E-state index in [1.807, 2.05) is 0 Å². The summed E-state index contributed by atoms with van der Waals surface area (Å²) in [5.74, 6) is 0.471. The molecule has 0 spiro atoms. The third-order valence-electron chi connectivity index (χ3n) is 2.71. The van der Waals surface area contributed by atoms with Crippen LogP contribution < -0.4 is 10.6 Å². The van der Waals surface area contributed by atoms with Crippen molar-refractivity contribution >= 4 is 28.7 Å². The molecule has 5 nitrogen and oxygen atoms in total. The quantitative estimate of drug-likeness (QED) is 0.896. The molecular formula is C12H12ClN3O2. The van der Waals surface area contributed by atoms with Crippen molar-refractivity contribution in [3.63, 3.8) is 0 Å². The van der Waals surface area contributed by atoms with Gasteiger partial charge in [0.1, 0.15) is 5.52 Å². The summed E-state index contributed by atoms with van der Waals surface area (Å²) in [6.07, 6.45) is 2.13. The lowest BCUT2D eigenvalue weighted by Gasteiger charge is -2.03. The molecule has 1 aromatic heterocycles. The van der Waals surface area contributed by atoms with Gasteiger partial charge >= 0.3 is 6.03 Å². The molecule has 0 bridgehead atoms. The maximum atomic E-state index is 11.4. The van der Waals surface area contributed by atoms with E-state index in [4.69, 9.17) is 16.0 Å². The minimum absolute atomic E-state index is 0.183. The van der Waals surface area contributed by atoms with E-state index < -0.39 is 0 Å². The second-order valence-corrected chi connectivity index (χ2v) is 4.76. The summed E-state index contributed by atoms with van der Waals surface area (Å²) in [6, 6.07) is 5.39. The van der Waals surface area contributed by atoms with Gasteiger partial charge in [0.2, 0.25) is 5.89 Å². The highest BCUT2D eigenvalue weighted by Crippen LogP contribution is 2.20. The second-order valence-electron chi connectivity index (χ2n) is 4.32. The van der Waals surface area contributed by atoms with Crippen molar-refractivity contribution in [1.29, 1.82) is 0 Å². The summed E-state index contributed by atoms with van der Waals surface area (Å²) in [6.45, 7) is 0.269. The number of nitrogens with one attached hydrogen (secondary N) is 2. The van der Waals surface area contributed by atoms with Crippen LogP contribution in [0.3, 0.4) is 0 Å². The Bertz CT molecular complexity index is 592. The van der Waals surface area contributed by atoms with E-state index in [-0.39, 0.29) is 12.6 Å². The fourth-order valence-corrected chi connectivity index (χ4v) is 1.81. The number of halogens is 1. The number of fused-ring (bicyclic) bond motifs is 1. The minimum atomic E-state index is -0.183. The molecule has 0 radical (unpaired) electrons. The zero-order valence-electron chi connectivity index (χ0n) is 9.57. The lowest BCUT2D eigenvalue weighted by molar-refractivity contribution is 0.239. The molecule has 94 valence electrons. The minimum Gasteiger partial charge on any atom is -0.439 e. The molecule has 1 saturated carbocycles. The number of aromatic nitrogens is 1. The summed E-state index contributed by atoms with van der Waals surface area (Å²) < 4.78 is 5.48. The molecule has 2 N–H and O–H groups in total. The van der Waals surface area contributed by atoms with Gasteiger partial charge in [-0.15, -0.1) is 0 Å². The molecule has 0 aliphatic heterocycles. The number of rotatable bonds is 3. The van der Waals surface area contributed by atoms with Crippen LogP contribution >= 0.6 is 11.6 Å². The van der Waals surface area contributed by atoms with E-state index in [2.05, 4.69) is 15.6 Å². The highest BCUT2D eigenvalue weighted by atomic mass is 35.5. The molecule has 0 atom stereocenters. The Morgan fingerprint density at radius 2 is 2.33 bits per heavy atom. The van der Waals surface area contributed by atoms with Crippen molar-refractivity contribution in [1.82, 2.24) is 15.6 Å². The van der Waals surface area contributed by atoms with Crippen LogP contribution in [0.1, 0.15) is 18.7 Å². The number of urea groups is 1. The van der Waals surface area contributed by atoms with E-state index in [1.165, 1.54) is 0 Å². The van der Waals surface area contributed by atoms with Crippen LogP contribution in [-0.2, 0) is 6.54 Å². The number of benzene rings is 1. The molecule has 2 aromatic rings. The van der Waals surface area contributed by atoms with E-state index in [1.54, 1.807) is 18.2 Å². The maximum absolute atomic E-state index is 11.4. The van der Waals surface area contributed by atoms with Crippen LogP contribution in [0.2, 0.25) is 5.02 Å². The molecule has 1 aliphatic carbocycles. The van der Waals surface area contributed by atoms with E-state index in [9.17, 15) is 4.79 Å². The zero-order valence-corrected chi connectivity index (χ0v) is 10.3. The predicted molar refractivity (Wildman–Crippen MR) is 67.4 cm³/mol. The molecule has 1 heterocycles. The topological polar surface area (TPSA) is 67.2 Å². The molecule has 18 heavy (non-hydrogen) atoms. The summed E-state index contributed by atoms with van der Waals surface area (Å²) in [4.78, 5) is 15.7. The van der Waals surface area contributed by atoms with Gasteiger partial charge in [-0.2, -0.15) is 0 Å². The van der Waals surface area contributed by atoms with E-state index in [0.29, 0.717) is 28.1 Å².